The number of hydrogen-bond acceptors (Lipinski definition) is 8. The summed E-state index contributed by atoms with van der Waals surface area (Å²) in [5.74, 6) is -1.56. The van der Waals surface area contributed by atoms with Crippen molar-refractivity contribution >= 4 is 17.7 Å². The smallest absolute Gasteiger partial charge is 0.309 e. The van der Waals surface area contributed by atoms with Gasteiger partial charge in [0.1, 0.15) is 6.10 Å². The molecular formula is C23H31NO7. The highest BCUT2D eigenvalue weighted by molar-refractivity contribution is 5.99. The fourth-order valence-electron chi connectivity index (χ4n) is 2.97. The minimum atomic E-state index is -0.721. The number of pyridine rings is 1. The quantitative estimate of drug-likeness (QED) is 0.265. The van der Waals surface area contributed by atoms with Gasteiger partial charge >= 0.3 is 11.9 Å². The third-order valence-electron chi connectivity index (χ3n) is 4.96. The van der Waals surface area contributed by atoms with Crippen LogP contribution in [-0.4, -0.2) is 48.6 Å². The summed E-state index contributed by atoms with van der Waals surface area (Å²) in [6, 6.07) is 1.48. The summed E-state index contributed by atoms with van der Waals surface area (Å²) in [5, 5.41) is 0. The third-order valence-corrected chi connectivity index (χ3v) is 4.96. The number of methoxy groups -OCH3 is 1. The van der Waals surface area contributed by atoms with Gasteiger partial charge in [-0.25, -0.2) is 4.98 Å². The van der Waals surface area contributed by atoms with Gasteiger partial charge in [0.25, 0.3) is 0 Å². The predicted molar refractivity (Wildman–Crippen MR) is 113 cm³/mol. The van der Waals surface area contributed by atoms with Crippen LogP contribution in [0.4, 0.5) is 0 Å². The molecule has 1 fully saturated rings. The first-order valence-electron chi connectivity index (χ1n) is 10.4. The number of ether oxygens (including phenoxy) is 4. The van der Waals surface area contributed by atoms with Crippen molar-refractivity contribution in [3.05, 3.63) is 30.6 Å². The van der Waals surface area contributed by atoms with Gasteiger partial charge in [-0.3, -0.25) is 14.4 Å². The number of Topliss-reactive ketones (excluding diaryl/α,β-unsaturated/α-hetero) is 1. The molecule has 0 spiro atoms. The van der Waals surface area contributed by atoms with E-state index in [9.17, 15) is 14.4 Å². The summed E-state index contributed by atoms with van der Waals surface area (Å²) in [6.07, 6.45) is 5.10. The topological polar surface area (TPSA) is 101 Å². The molecule has 8 nitrogen and oxygen atoms in total. The van der Waals surface area contributed by atoms with Crippen LogP contribution in [0.15, 0.2) is 24.9 Å². The third kappa shape index (κ3) is 7.47. The van der Waals surface area contributed by atoms with Crippen molar-refractivity contribution in [1.29, 1.82) is 0 Å². The van der Waals surface area contributed by atoms with E-state index in [4.69, 9.17) is 18.9 Å². The van der Waals surface area contributed by atoms with Gasteiger partial charge in [0.15, 0.2) is 17.2 Å². The Bertz CT molecular complexity index is 803. The number of aromatic nitrogens is 1. The van der Waals surface area contributed by atoms with Crippen molar-refractivity contribution in [2.24, 2.45) is 11.8 Å². The zero-order valence-electron chi connectivity index (χ0n) is 18.6. The summed E-state index contributed by atoms with van der Waals surface area (Å²) < 4.78 is 21.7. The molecule has 0 bridgehead atoms. The van der Waals surface area contributed by atoms with Crippen molar-refractivity contribution in [1.82, 2.24) is 4.98 Å². The van der Waals surface area contributed by atoms with Crippen molar-refractivity contribution in [2.45, 2.75) is 58.7 Å². The second kappa shape index (κ2) is 11.6. The molecule has 0 N–H and O–H groups in total. The molecule has 0 unspecified atom stereocenters. The van der Waals surface area contributed by atoms with Gasteiger partial charge in [-0.1, -0.05) is 13.0 Å². The Kier molecular flexibility index (Phi) is 9.18. The van der Waals surface area contributed by atoms with Crippen LogP contribution in [0.3, 0.4) is 0 Å². The molecule has 1 aliphatic carbocycles. The van der Waals surface area contributed by atoms with Gasteiger partial charge in [-0.05, 0) is 32.1 Å². The number of carbonyl (C=O) groups excluding carboxylic acids is 3. The summed E-state index contributed by atoms with van der Waals surface area (Å²) in [6.45, 7) is 8.98. The molecule has 31 heavy (non-hydrogen) atoms. The number of ketones is 1. The standard InChI is InChI=1S/C23H31NO7/c1-6-7-19(29-13-17-8-9-17)15(3)30-23(27)14(2)12-18(26)21-22(31-16(4)25)20(28-5)10-11-24-21/h6,10-11,14-15,17,19H,1,7-9,12-13H2,2-5H3/t14-,15+,19-/m1/s1. The number of rotatable bonds is 13. The summed E-state index contributed by atoms with van der Waals surface area (Å²) in [7, 11) is 1.39. The molecule has 2 rings (SSSR count). The van der Waals surface area contributed by atoms with Crippen LogP contribution in [0.5, 0.6) is 11.5 Å². The van der Waals surface area contributed by atoms with Gasteiger partial charge in [0.05, 0.1) is 19.1 Å². The normalized spacial score (nSPS) is 16.0. The number of nitrogens with zero attached hydrogens (tertiary/aromatic N) is 1. The lowest BCUT2D eigenvalue weighted by Crippen LogP contribution is -2.33. The van der Waals surface area contributed by atoms with Crippen molar-refractivity contribution in [2.75, 3.05) is 13.7 Å². The van der Waals surface area contributed by atoms with Gasteiger partial charge < -0.3 is 18.9 Å². The molecule has 0 aromatic carbocycles. The Hall–Kier alpha value is -2.74. The molecule has 1 aromatic rings. The fourth-order valence-corrected chi connectivity index (χ4v) is 2.97. The van der Waals surface area contributed by atoms with E-state index in [-0.39, 0.29) is 29.7 Å². The van der Waals surface area contributed by atoms with Crippen molar-refractivity contribution in [3.63, 3.8) is 0 Å². The zero-order valence-corrected chi connectivity index (χ0v) is 18.6. The van der Waals surface area contributed by atoms with Crippen LogP contribution in [0.25, 0.3) is 0 Å². The van der Waals surface area contributed by atoms with Gasteiger partial charge in [-0.15, -0.1) is 6.58 Å². The average Bonchev–Trinajstić information content (AvgIpc) is 3.55. The molecule has 1 aliphatic rings. The van der Waals surface area contributed by atoms with Crippen molar-refractivity contribution in [3.8, 4) is 11.5 Å². The zero-order chi connectivity index (χ0) is 23.0. The molecule has 0 aliphatic heterocycles. The molecule has 0 saturated heterocycles. The number of hydrogen-bond donors (Lipinski definition) is 0. The van der Waals surface area contributed by atoms with Crippen LogP contribution in [0.2, 0.25) is 0 Å². The SMILES string of the molecule is C=CC[C@@H](OCC1CC1)[C@H](C)OC(=O)[C@H](C)CC(=O)c1nccc(OC)c1OC(C)=O. The first kappa shape index (κ1) is 24.5. The van der Waals surface area contributed by atoms with Crippen LogP contribution < -0.4 is 9.47 Å². The van der Waals surface area contributed by atoms with Gasteiger partial charge in [-0.2, -0.15) is 0 Å². The van der Waals surface area contributed by atoms with Crippen LogP contribution in [-0.2, 0) is 19.1 Å². The molecule has 1 heterocycles. The summed E-state index contributed by atoms with van der Waals surface area (Å²) in [5.41, 5.74) is -0.0699. The van der Waals surface area contributed by atoms with E-state index in [1.165, 1.54) is 39.1 Å². The highest BCUT2D eigenvalue weighted by Crippen LogP contribution is 2.32. The maximum absolute atomic E-state index is 12.8. The lowest BCUT2D eigenvalue weighted by atomic mass is 10.0. The molecule has 1 saturated carbocycles. The Morgan fingerprint density at radius 1 is 1.29 bits per heavy atom. The first-order valence-corrected chi connectivity index (χ1v) is 10.4. The maximum Gasteiger partial charge on any atom is 0.309 e. The minimum absolute atomic E-state index is 0.0593. The van der Waals surface area contributed by atoms with Crippen LogP contribution in [0, 0.1) is 11.8 Å². The second-order valence-electron chi connectivity index (χ2n) is 7.79. The van der Waals surface area contributed by atoms with Crippen molar-refractivity contribution < 1.29 is 33.3 Å². The largest absolute Gasteiger partial charge is 0.493 e. The monoisotopic (exact) mass is 433 g/mol. The fraction of sp³-hybridized carbons (Fsp3) is 0.565. The highest BCUT2D eigenvalue weighted by atomic mass is 16.6. The van der Waals surface area contributed by atoms with E-state index >= 15 is 0 Å². The number of carbonyl (C=O) groups is 3. The van der Waals surface area contributed by atoms with E-state index in [1.807, 2.05) is 0 Å². The highest BCUT2D eigenvalue weighted by Gasteiger charge is 2.29. The van der Waals surface area contributed by atoms with E-state index in [0.717, 1.165) is 0 Å². The average molecular weight is 434 g/mol. The predicted octanol–water partition coefficient (Wildman–Crippen LogP) is 3.53. The van der Waals surface area contributed by atoms with Crippen LogP contribution in [0.1, 0.15) is 56.9 Å². The molecule has 1 aromatic heterocycles. The molecule has 0 radical (unpaired) electrons. The van der Waals surface area contributed by atoms with Crippen LogP contribution >= 0.6 is 0 Å². The van der Waals surface area contributed by atoms with E-state index in [0.29, 0.717) is 18.9 Å². The minimum Gasteiger partial charge on any atom is -0.493 e. The lowest BCUT2D eigenvalue weighted by Gasteiger charge is -2.24. The molecule has 0 amide bonds. The summed E-state index contributed by atoms with van der Waals surface area (Å²) >= 11 is 0. The maximum atomic E-state index is 12.8. The van der Waals surface area contributed by atoms with Gasteiger partial charge in [0, 0.05) is 32.2 Å². The van der Waals surface area contributed by atoms with E-state index in [1.54, 1.807) is 19.9 Å². The second-order valence-corrected chi connectivity index (χ2v) is 7.79. The van der Waals surface area contributed by atoms with E-state index < -0.39 is 29.7 Å². The Morgan fingerprint density at radius 3 is 2.58 bits per heavy atom. The Labute approximate surface area is 182 Å². The molecule has 3 atom stereocenters. The van der Waals surface area contributed by atoms with Gasteiger partial charge in [0.2, 0.25) is 5.75 Å². The Balaban J connectivity index is 2.00. The lowest BCUT2D eigenvalue weighted by molar-refractivity contribution is -0.160. The van der Waals surface area contributed by atoms with E-state index in [2.05, 4.69) is 11.6 Å². The number of esters is 2. The molecule has 170 valence electrons. The molecule has 8 heteroatoms. The Morgan fingerprint density at radius 2 is 2.00 bits per heavy atom. The summed E-state index contributed by atoms with van der Waals surface area (Å²) in [4.78, 5) is 40.8. The molecular weight excluding hydrogens is 402 g/mol. The first-order chi connectivity index (χ1) is 14.8.